The molecule has 74 valence electrons. The molecule has 0 spiro atoms. The van der Waals surface area contributed by atoms with Gasteiger partial charge in [0.1, 0.15) is 0 Å². The van der Waals surface area contributed by atoms with Crippen molar-refractivity contribution in [2.24, 2.45) is 5.92 Å². The van der Waals surface area contributed by atoms with Gasteiger partial charge >= 0.3 is 0 Å². The molecule has 3 heteroatoms. The third-order valence-corrected chi connectivity index (χ3v) is 1.74. The molecule has 3 nitrogen and oxygen atoms in total. The van der Waals surface area contributed by atoms with Crippen LogP contribution in [-0.4, -0.2) is 12.5 Å². The molecule has 0 heterocycles. The normalized spacial score (nSPS) is 9.69. The standard InChI is InChI=1S/C10H18N2O/c1-9(2)5-6-10(13)12-8-4-3-7-11/h9H,3-6,8H2,1-2H3,(H,12,13). The van der Waals surface area contributed by atoms with Crippen molar-refractivity contribution in [3.8, 4) is 6.07 Å². The molecule has 0 aliphatic heterocycles. The maximum atomic E-state index is 11.1. The number of hydrogen-bond acceptors (Lipinski definition) is 2. The molecule has 0 radical (unpaired) electrons. The molecule has 0 aliphatic carbocycles. The second-order valence-electron chi connectivity index (χ2n) is 3.54. The fourth-order valence-corrected chi connectivity index (χ4v) is 0.903. The number of carbonyl (C=O) groups excluding carboxylic acids is 1. The summed E-state index contributed by atoms with van der Waals surface area (Å²) in [5, 5.41) is 11.0. The zero-order valence-corrected chi connectivity index (χ0v) is 8.47. The summed E-state index contributed by atoms with van der Waals surface area (Å²) in [6.45, 7) is 4.83. The zero-order chi connectivity index (χ0) is 10.1. The van der Waals surface area contributed by atoms with Crippen molar-refractivity contribution in [1.29, 1.82) is 5.26 Å². The van der Waals surface area contributed by atoms with Gasteiger partial charge in [0.25, 0.3) is 0 Å². The van der Waals surface area contributed by atoms with Gasteiger partial charge in [0, 0.05) is 19.4 Å². The summed E-state index contributed by atoms with van der Waals surface area (Å²) in [4.78, 5) is 11.1. The SMILES string of the molecule is CC(C)CCC(=O)NCCCC#N. The second kappa shape index (κ2) is 7.60. The molecule has 1 N–H and O–H groups in total. The Kier molecular flexibility index (Phi) is 6.99. The highest BCUT2D eigenvalue weighted by atomic mass is 16.1. The lowest BCUT2D eigenvalue weighted by molar-refractivity contribution is -0.121. The van der Waals surface area contributed by atoms with E-state index in [1.54, 1.807) is 0 Å². The van der Waals surface area contributed by atoms with Gasteiger partial charge in [-0.05, 0) is 18.8 Å². The van der Waals surface area contributed by atoms with E-state index in [2.05, 4.69) is 19.2 Å². The lowest BCUT2D eigenvalue weighted by atomic mass is 10.1. The maximum absolute atomic E-state index is 11.1. The first kappa shape index (κ1) is 12.0. The highest BCUT2D eigenvalue weighted by Gasteiger charge is 2.01. The molecule has 0 aromatic rings. The van der Waals surface area contributed by atoms with Crippen molar-refractivity contribution >= 4 is 5.91 Å². The van der Waals surface area contributed by atoms with Gasteiger partial charge in [0.05, 0.1) is 6.07 Å². The molecule has 0 fully saturated rings. The molecular weight excluding hydrogens is 164 g/mol. The van der Waals surface area contributed by atoms with Gasteiger partial charge in [0.15, 0.2) is 0 Å². The van der Waals surface area contributed by atoms with E-state index in [0.29, 0.717) is 25.3 Å². The van der Waals surface area contributed by atoms with Crippen LogP contribution in [0.5, 0.6) is 0 Å². The number of nitriles is 1. The van der Waals surface area contributed by atoms with Gasteiger partial charge < -0.3 is 5.32 Å². The lowest BCUT2D eigenvalue weighted by Crippen LogP contribution is -2.24. The van der Waals surface area contributed by atoms with Crippen LogP contribution in [0, 0.1) is 17.2 Å². The van der Waals surface area contributed by atoms with E-state index in [1.807, 2.05) is 6.07 Å². The predicted octanol–water partition coefficient (Wildman–Crippen LogP) is 1.84. The Labute approximate surface area is 80.1 Å². The van der Waals surface area contributed by atoms with Gasteiger partial charge in [-0.3, -0.25) is 4.79 Å². The summed E-state index contributed by atoms with van der Waals surface area (Å²) in [7, 11) is 0. The van der Waals surface area contributed by atoms with Crippen molar-refractivity contribution < 1.29 is 4.79 Å². The van der Waals surface area contributed by atoms with E-state index in [1.165, 1.54) is 0 Å². The molecule has 0 unspecified atom stereocenters. The van der Waals surface area contributed by atoms with Crippen molar-refractivity contribution in [2.45, 2.75) is 39.5 Å². The number of hydrogen-bond donors (Lipinski definition) is 1. The highest BCUT2D eigenvalue weighted by Crippen LogP contribution is 2.02. The van der Waals surface area contributed by atoms with E-state index < -0.39 is 0 Å². The summed E-state index contributed by atoms with van der Waals surface area (Å²) >= 11 is 0. The molecule has 0 aromatic carbocycles. The monoisotopic (exact) mass is 182 g/mol. The first-order valence-corrected chi connectivity index (χ1v) is 4.80. The van der Waals surface area contributed by atoms with Crippen LogP contribution in [0.4, 0.5) is 0 Å². The van der Waals surface area contributed by atoms with Gasteiger partial charge in [-0.1, -0.05) is 13.8 Å². The Morgan fingerprint density at radius 2 is 2.23 bits per heavy atom. The van der Waals surface area contributed by atoms with Crippen molar-refractivity contribution in [2.75, 3.05) is 6.54 Å². The van der Waals surface area contributed by atoms with Gasteiger partial charge in [-0.15, -0.1) is 0 Å². The fourth-order valence-electron chi connectivity index (χ4n) is 0.903. The summed E-state index contributed by atoms with van der Waals surface area (Å²) in [6, 6.07) is 2.04. The average Bonchev–Trinajstić information content (AvgIpc) is 2.09. The number of nitrogens with one attached hydrogen (secondary N) is 1. The first-order valence-electron chi connectivity index (χ1n) is 4.80. The minimum atomic E-state index is 0.103. The third-order valence-electron chi connectivity index (χ3n) is 1.74. The second-order valence-corrected chi connectivity index (χ2v) is 3.54. The molecule has 0 aliphatic rings. The third kappa shape index (κ3) is 8.87. The Morgan fingerprint density at radius 1 is 1.54 bits per heavy atom. The Morgan fingerprint density at radius 3 is 2.77 bits per heavy atom. The smallest absolute Gasteiger partial charge is 0.220 e. The Bertz CT molecular complexity index is 182. The van der Waals surface area contributed by atoms with Crippen LogP contribution < -0.4 is 5.32 Å². The van der Waals surface area contributed by atoms with Crippen LogP contribution in [0.1, 0.15) is 39.5 Å². The summed E-state index contributed by atoms with van der Waals surface area (Å²) in [6.07, 6.45) is 2.81. The van der Waals surface area contributed by atoms with Crippen LogP contribution in [-0.2, 0) is 4.79 Å². The highest BCUT2D eigenvalue weighted by molar-refractivity contribution is 5.75. The van der Waals surface area contributed by atoms with E-state index >= 15 is 0 Å². The fraction of sp³-hybridized carbons (Fsp3) is 0.800. The van der Waals surface area contributed by atoms with E-state index in [9.17, 15) is 4.79 Å². The molecule has 1 amide bonds. The minimum Gasteiger partial charge on any atom is -0.356 e. The molecule has 0 aromatic heterocycles. The number of carbonyl (C=O) groups is 1. The largest absolute Gasteiger partial charge is 0.356 e. The zero-order valence-electron chi connectivity index (χ0n) is 8.47. The van der Waals surface area contributed by atoms with Crippen molar-refractivity contribution in [1.82, 2.24) is 5.32 Å². The van der Waals surface area contributed by atoms with Gasteiger partial charge in [-0.25, -0.2) is 0 Å². The van der Waals surface area contributed by atoms with Crippen molar-refractivity contribution in [3.05, 3.63) is 0 Å². The molecule has 0 saturated carbocycles. The Balaban J connectivity index is 3.26. The topological polar surface area (TPSA) is 52.9 Å². The Hall–Kier alpha value is -1.04. The number of rotatable bonds is 6. The lowest BCUT2D eigenvalue weighted by Gasteiger charge is -2.05. The molecule has 13 heavy (non-hydrogen) atoms. The van der Waals surface area contributed by atoms with Crippen LogP contribution >= 0.6 is 0 Å². The average molecular weight is 182 g/mol. The van der Waals surface area contributed by atoms with E-state index in [-0.39, 0.29) is 5.91 Å². The van der Waals surface area contributed by atoms with Gasteiger partial charge in [-0.2, -0.15) is 5.26 Å². The van der Waals surface area contributed by atoms with E-state index in [0.717, 1.165) is 12.8 Å². The number of nitrogens with zero attached hydrogens (tertiary/aromatic N) is 1. The van der Waals surface area contributed by atoms with E-state index in [4.69, 9.17) is 5.26 Å². The van der Waals surface area contributed by atoms with Crippen molar-refractivity contribution in [3.63, 3.8) is 0 Å². The van der Waals surface area contributed by atoms with Gasteiger partial charge in [0.2, 0.25) is 5.91 Å². The molecule has 0 saturated heterocycles. The molecular formula is C10H18N2O. The molecule has 0 atom stereocenters. The minimum absolute atomic E-state index is 0.103. The van der Waals surface area contributed by atoms with Crippen LogP contribution in [0.3, 0.4) is 0 Å². The van der Waals surface area contributed by atoms with Crippen LogP contribution in [0.15, 0.2) is 0 Å². The maximum Gasteiger partial charge on any atom is 0.220 e. The summed E-state index contributed by atoms with van der Waals surface area (Å²) in [5.74, 6) is 0.677. The predicted molar refractivity (Wildman–Crippen MR) is 51.9 cm³/mol. The van der Waals surface area contributed by atoms with Crippen LogP contribution in [0.25, 0.3) is 0 Å². The summed E-state index contributed by atoms with van der Waals surface area (Å²) < 4.78 is 0. The van der Waals surface area contributed by atoms with Crippen LogP contribution in [0.2, 0.25) is 0 Å². The number of amides is 1. The molecule has 0 rings (SSSR count). The summed E-state index contributed by atoms with van der Waals surface area (Å²) in [5.41, 5.74) is 0. The molecule has 0 bridgehead atoms. The number of unbranched alkanes of at least 4 members (excludes halogenated alkanes) is 1. The first-order chi connectivity index (χ1) is 6.16. The quantitative estimate of drug-likeness (QED) is 0.637.